The monoisotopic (exact) mass is 647 g/mol. The van der Waals surface area contributed by atoms with Crippen molar-refractivity contribution in [1.82, 2.24) is 0 Å². The number of unbranched alkanes of at least 4 members (excludes halogenated alkanes) is 21. The second kappa shape index (κ2) is 37.6. The van der Waals surface area contributed by atoms with Gasteiger partial charge in [-0.15, -0.1) is 0 Å². The number of hydrogen-bond acceptors (Lipinski definition) is 5. The number of esters is 2. The molecule has 0 aromatic carbocycles. The van der Waals surface area contributed by atoms with E-state index >= 15 is 0 Å². The number of ether oxygens (including phenoxy) is 2. The fraction of sp³-hybridized carbons (Fsp3) is 0.805. The lowest BCUT2D eigenvalue weighted by Gasteiger charge is -2.15. The molecule has 0 spiro atoms. The summed E-state index contributed by atoms with van der Waals surface area (Å²) in [6.45, 7) is 4.05. The van der Waals surface area contributed by atoms with E-state index in [0.29, 0.717) is 12.8 Å². The van der Waals surface area contributed by atoms with Crippen LogP contribution in [0.2, 0.25) is 0 Å². The Bertz CT molecular complexity index is 741. The van der Waals surface area contributed by atoms with Gasteiger partial charge in [-0.2, -0.15) is 0 Å². The first-order valence-electron chi connectivity index (χ1n) is 19.5. The van der Waals surface area contributed by atoms with Crippen LogP contribution in [0.25, 0.3) is 0 Å². The smallest absolute Gasteiger partial charge is 0.306 e. The quantitative estimate of drug-likeness (QED) is 0.0421. The van der Waals surface area contributed by atoms with Gasteiger partial charge in [0.2, 0.25) is 0 Å². The Hall–Kier alpha value is -1.88. The number of carbonyl (C=O) groups excluding carboxylic acids is 2. The summed E-state index contributed by atoms with van der Waals surface area (Å²) in [5, 5.41) is 9.54. The van der Waals surface area contributed by atoms with E-state index in [0.717, 1.165) is 64.2 Å². The molecular weight excluding hydrogens is 572 g/mol. The van der Waals surface area contributed by atoms with Gasteiger partial charge in [-0.3, -0.25) is 9.59 Å². The summed E-state index contributed by atoms with van der Waals surface area (Å²) in [6.07, 6.45) is 44.9. The zero-order valence-corrected chi connectivity index (χ0v) is 30.3. The number of aliphatic hydroxyl groups excluding tert-OH is 1. The molecule has 0 aliphatic carbocycles. The second-order valence-corrected chi connectivity index (χ2v) is 13.0. The molecule has 0 rings (SSSR count). The Kier molecular flexibility index (Phi) is 36.0. The van der Waals surface area contributed by atoms with E-state index in [1.54, 1.807) is 0 Å². The van der Waals surface area contributed by atoms with Crippen LogP contribution in [0.1, 0.15) is 194 Å². The summed E-state index contributed by atoms with van der Waals surface area (Å²) in [5.74, 6) is -0.608. The number of aliphatic hydroxyl groups is 1. The molecule has 268 valence electrons. The molecule has 0 saturated heterocycles. The molecule has 5 nitrogen and oxygen atoms in total. The highest BCUT2D eigenvalue weighted by Gasteiger charge is 2.16. The maximum atomic E-state index is 12.1. The summed E-state index contributed by atoms with van der Waals surface area (Å²) < 4.78 is 10.6. The molecule has 5 heteroatoms. The standard InChI is InChI=1S/C41H74O5/c1-3-5-7-9-11-13-15-17-18-19-20-21-22-24-25-27-29-31-33-35-40(43)45-38-39(37-42)46-41(44)36-34-32-30-28-26-23-16-14-12-10-8-6-4-2/h8,10,14,16-18,39,42H,3-7,9,11-13,15,19-38H2,1-2H3/b10-8-,16-14-,18-17-. The van der Waals surface area contributed by atoms with E-state index in [4.69, 9.17) is 9.47 Å². The van der Waals surface area contributed by atoms with Crippen LogP contribution < -0.4 is 0 Å². The van der Waals surface area contributed by atoms with E-state index in [-0.39, 0.29) is 25.2 Å². The van der Waals surface area contributed by atoms with Crippen LogP contribution in [0.15, 0.2) is 36.5 Å². The Balaban J connectivity index is 3.55. The topological polar surface area (TPSA) is 72.8 Å². The van der Waals surface area contributed by atoms with Gasteiger partial charge in [-0.25, -0.2) is 0 Å². The van der Waals surface area contributed by atoms with Crippen molar-refractivity contribution >= 4 is 11.9 Å². The molecule has 0 aromatic rings. The number of hydrogen-bond donors (Lipinski definition) is 1. The van der Waals surface area contributed by atoms with E-state index < -0.39 is 6.10 Å². The normalized spacial score (nSPS) is 12.5. The molecule has 0 amide bonds. The highest BCUT2D eigenvalue weighted by Crippen LogP contribution is 2.13. The third-order valence-electron chi connectivity index (χ3n) is 8.39. The molecule has 0 aromatic heterocycles. The van der Waals surface area contributed by atoms with Gasteiger partial charge >= 0.3 is 11.9 Å². The minimum absolute atomic E-state index is 0.0715. The van der Waals surface area contributed by atoms with Crippen LogP contribution in [0.3, 0.4) is 0 Å². The molecule has 0 bridgehead atoms. The molecule has 46 heavy (non-hydrogen) atoms. The minimum Gasteiger partial charge on any atom is -0.462 e. The lowest BCUT2D eigenvalue weighted by Crippen LogP contribution is -2.28. The van der Waals surface area contributed by atoms with Gasteiger partial charge in [0.15, 0.2) is 6.10 Å². The largest absolute Gasteiger partial charge is 0.462 e. The molecule has 0 heterocycles. The lowest BCUT2D eigenvalue weighted by molar-refractivity contribution is -0.161. The third kappa shape index (κ3) is 35.0. The van der Waals surface area contributed by atoms with Crippen molar-refractivity contribution in [3.8, 4) is 0 Å². The average Bonchev–Trinajstić information content (AvgIpc) is 3.06. The second-order valence-electron chi connectivity index (χ2n) is 13.0. The lowest BCUT2D eigenvalue weighted by atomic mass is 10.1. The fourth-order valence-electron chi connectivity index (χ4n) is 5.41. The van der Waals surface area contributed by atoms with Crippen molar-refractivity contribution in [2.24, 2.45) is 0 Å². The molecule has 1 N–H and O–H groups in total. The van der Waals surface area contributed by atoms with Crippen molar-refractivity contribution in [2.75, 3.05) is 13.2 Å². The molecule has 0 saturated carbocycles. The van der Waals surface area contributed by atoms with E-state index in [9.17, 15) is 14.7 Å². The summed E-state index contributed by atoms with van der Waals surface area (Å²) in [6, 6.07) is 0. The van der Waals surface area contributed by atoms with Crippen LogP contribution in [0, 0.1) is 0 Å². The van der Waals surface area contributed by atoms with E-state index in [1.165, 1.54) is 103 Å². The van der Waals surface area contributed by atoms with Gasteiger partial charge in [-0.1, -0.05) is 153 Å². The molecule has 0 radical (unpaired) electrons. The SMILES string of the molecule is CCC/C=C\C/C=C\CCCCCCCC(=O)OC(CO)COC(=O)CCCCCCCCCCC/C=C\CCCCCCCC. The van der Waals surface area contributed by atoms with Gasteiger partial charge in [-0.05, 0) is 64.2 Å². The highest BCUT2D eigenvalue weighted by atomic mass is 16.6. The van der Waals surface area contributed by atoms with Crippen molar-refractivity contribution in [3.05, 3.63) is 36.5 Å². The summed E-state index contributed by atoms with van der Waals surface area (Å²) in [4.78, 5) is 24.2. The van der Waals surface area contributed by atoms with Gasteiger partial charge in [0.05, 0.1) is 6.61 Å². The van der Waals surface area contributed by atoms with Crippen LogP contribution in [0.5, 0.6) is 0 Å². The average molecular weight is 647 g/mol. The number of carbonyl (C=O) groups is 2. The van der Waals surface area contributed by atoms with Crippen LogP contribution in [-0.4, -0.2) is 36.4 Å². The maximum absolute atomic E-state index is 12.1. The van der Waals surface area contributed by atoms with Gasteiger partial charge < -0.3 is 14.6 Å². The molecule has 0 aliphatic rings. The van der Waals surface area contributed by atoms with Crippen molar-refractivity contribution in [3.63, 3.8) is 0 Å². The van der Waals surface area contributed by atoms with Crippen molar-refractivity contribution in [1.29, 1.82) is 0 Å². The van der Waals surface area contributed by atoms with Gasteiger partial charge in [0.25, 0.3) is 0 Å². The van der Waals surface area contributed by atoms with Crippen LogP contribution in [0.4, 0.5) is 0 Å². The zero-order chi connectivity index (χ0) is 33.6. The van der Waals surface area contributed by atoms with Crippen LogP contribution in [-0.2, 0) is 19.1 Å². The molecule has 0 fully saturated rings. The van der Waals surface area contributed by atoms with Crippen LogP contribution >= 0.6 is 0 Å². The van der Waals surface area contributed by atoms with Crippen molar-refractivity contribution < 1.29 is 24.2 Å². The predicted molar refractivity (Wildman–Crippen MR) is 196 cm³/mol. The summed E-state index contributed by atoms with van der Waals surface area (Å²) in [5.41, 5.74) is 0. The Morgan fingerprint density at radius 1 is 0.500 bits per heavy atom. The molecule has 1 atom stereocenters. The fourth-order valence-corrected chi connectivity index (χ4v) is 5.41. The Labute approximate surface area is 285 Å². The number of rotatable bonds is 35. The Morgan fingerprint density at radius 3 is 1.39 bits per heavy atom. The molecular formula is C41H74O5. The Morgan fingerprint density at radius 2 is 0.913 bits per heavy atom. The number of allylic oxidation sites excluding steroid dienone is 6. The first-order valence-corrected chi connectivity index (χ1v) is 19.5. The maximum Gasteiger partial charge on any atom is 0.306 e. The predicted octanol–water partition coefficient (Wildman–Crippen LogP) is 12.1. The summed E-state index contributed by atoms with van der Waals surface area (Å²) in [7, 11) is 0. The van der Waals surface area contributed by atoms with E-state index in [2.05, 4.69) is 50.3 Å². The molecule has 1 unspecified atom stereocenters. The highest BCUT2D eigenvalue weighted by molar-refractivity contribution is 5.70. The molecule has 0 aliphatic heterocycles. The van der Waals surface area contributed by atoms with E-state index in [1.807, 2.05) is 0 Å². The van der Waals surface area contributed by atoms with Gasteiger partial charge in [0.1, 0.15) is 6.61 Å². The summed E-state index contributed by atoms with van der Waals surface area (Å²) >= 11 is 0. The zero-order valence-electron chi connectivity index (χ0n) is 30.3. The first kappa shape index (κ1) is 44.1. The third-order valence-corrected chi connectivity index (χ3v) is 8.39. The first-order chi connectivity index (χ1) is 22.6. The van der Waals surface area contributed by atoms with Gasteiger partial charge in [0, 0.05) is 12.8 Å². The minimum atomic E-state index is -0.777. The van der Waals surface area contributed by atoms with Crippen molar-refractivity contribution in [2.45, 2.75) is 200 Å².